The van der Waals surface area contributed by atoms with E-state index in [-0.39, 0.29) is 12.1 Å². The van der Waals surface area contributed by atoms with Crippen LogP contribution in [-0.2, 0) is 11.3 Å². The second kappa shape index (κ2) is 4.08. The normalized spacial score (nSPS) is 17.8. The van der Waals surface area contributed by atoms with Gasteiger partial charge in [-0.25, -0.2) is 4.79 Å². The van der Waals surface area contributed by atoms with Crippen LogP contribution in [0.2, 0.25) is 0 Å². The predicted molar refractivity (Wildman–Crippen MR) is 59.4 cm³/mol. The predicted octanol–water partition coefficient (Wildman–Crippen LogP) is 0.710. The molecule has 1 unspecified atom stereocenters. The van der Waals surface area contributed by atoms with Crippen molar-refractivity contribution in [1.29, 1.82) is 0 Å². The van der Waals surface area contributed by atoms with Crippen LogP contribution in [0.25, 0.3) is 0 Å². The van der Waals surface area contributed by atoms with Crippen LogP contribution in [0, 0.1) is 0 Å². The third-order valence-electron chi connectivity index (χ3n) is 2.83. The minimum Gasteiger partial charge on any atom is -0.467 e. The zero-order chi connectivity index (χ0) is 12.6. The van der Waals surface area contributed by atoms with E-state index in [1.54, 1.807) is 0 Å². The van der Waals surface area contributed by atoms with Crippen molar-refractivity contribution in [2.24, 2.45) is 0 Å². The summed E-state index contributed by atoms with van der Waals surface area (Å²) in [6.45, 7) is 2.22. The number of amides is 1. The van der Waals surface area contributed by atoms with Gasteiger partial charge in [0.2, 0.25) is 0 Å². The largest absolute Gasteiger partial charge is 0.467 e. The number of aromatic nitrogens is 2. The van der Waals surface area contributed by atoms with Gasteiger partial charge in [-0.05, 0) is 6.92 Å². The number of carbonyl (C=O) groups is 1. The molecule has 1 atom stereocenters. The van der Waals surface area contributed by atoms with Crippen LogP contribution < -0.4 is 10.5 Å². The van der Waals surface area contributed by atoms with Crippen LogP contribution in [-0.4, -0.2) is 35.2 Å². The van der Waals surface area contributed by atoms with Gasteiger partial charge >= 0.3 is 12.1 Å². The molecule has 1 aliphatic heterocycles. The number of nitrogens with two attached hydrogens (primary N) is 1. The summed E-state index contributed by atoms with van der Waals surface area (Å²) in [6, 6.07) is 0.0106. The highest BCUT2D eigenvalue weighted by atomic mass is 16.5. The Balaban J connectivity index is 2.41. The third kappa shape index (κ3) is 1.73. The summed E-state index contributed by atoms with van der Waals surface area (Å²) in [6.07, 6.45) is -0.408. The number of anilines is 1. The number of carbonyl (C=O) groups excluding carboxylic acids is 1. The second-order valence-electron chi connectivity index (χ2n) is 3.73. The van der Waals surface area contributed by atoms with Crippen LogP contribution in [0.5, 0.6) is 6.01 Å². The number of hydrogen-bond donors (Lipinski definition) is 1. The second-order valence-corrected chi connectivity index (χ2v) is 3.73. The highest BCUT2D eigenvalue weighted by Gasteiger charge is 2.34. The van der Waals surface area contributed by atoms with Gasteiger partial charge in [0.1, 0.15) is 5.82 Å². The molecule has 0 saturated carbocycles. The maximum Gasteiger partial charge on any atom is 0.410 e. The minimum atomic E-state index is -0.408. The summed E-state index contributed by atoms with van der Waals surface area (Å²) in [5.41, 5.74) is 7.27. The SMILES string of the molecule is COC(=O)N1Cc2c(N)nc(OC)nc2C1C. The molecule has 0 bridgehead atoms. The minimum absolute atomic E-state index is 0.198. The van der Waals surface area contributed by atoms with E-state index in [1.807, 2.05) is 6.92 Å². The fourth-order valence-electron chi connectivity index (χ4n) is 1.89. The molecule has 7 heteroatoms. The quantitative estimate of drug-likeness (QED) is 0.774. The molecule has 0 fully saturated rings. The molecule has 2 rings (SSSR count). The van der Waals surface area contributed by atoms with Crippen molar-refractivity contribution in [3.8, 4) is 6.01 Å². The lowest BCUT2D eigenvalue weighted by Crippen LogP contribution is -2.28. The van der Waals surface area contributed by atoms with Crippen LogP contribution >= 0.6 is 0 Å². The van der Waals surface area contributed by atoms with E-state index in [0.29, 0.717) is 18.1 Å². The molecule has 0 aliphatic carbocycles. The molecule has 92 valence electrons. The van der Waals surface area contributed by atoms with Gasteiger partial charge < -0.3 is 15.2 Å². The molecule has 7 nitrogen and oxygen atoms in total. The zero-order valence-electron chi connectivity index (χ0n) is 9.93. The number of ether oxygens (including phenoxy) is 2. The zero-order valence-corrected chi connectivity index (χ0v) is 9.93. The molecule has 0 aromatic carbocycles. The average Bonchev–Trinajstić information content (AvgIpc) is 2.67. The Morgan fingerprint density at radius 3 is 2.76 bits per heavy atom. The van der Waals surface area contributed by atoms with Gasteiger partial charge in [0.05, 0.1) is 32.5 Å². The Bertz CT molecular complexity index is 463. The van der Waals surface area contributed by atoms with Gasteiger partial charge in [-0.3, -0.25) is 4.90 Å². The molecular formula is C10H14N4O3. The molecule has 0 spiro atoms. The van der Waals surface area contributed by atoms with Crippen molar-refractivity contribution < 1.29 is 14.3 Å². The number of methoxy groups -OCH3 is 2. The van der Waals surface area contributed by atoms with E-state index < -0.39 is 6.09 Å². The van der Waals surface area contributed by atoms with Crippen LogP contribution in [0.4, 0.5) is 10.6 Å². The molecule has 17 heavy (non-hydrogen) atoms. The highest BCUT2D eigenvalue weighted by molar-refractivity contribution is 5.70. The first-order valence-electron chi connectivity index (χ1n) is 5.13. The molecule has 2 heterocycles. The lowest BCUT2D eigenvalue weighted by atomic mass is 10.2. The summed E-state index contributed by atoms with van der Waals surface area (Å²) in [4.78, 5) is 21.3. The van der Waals surface area contributed by atoms with E-state index >= 15 is 0 Å². The van der Waals surface area contributed by atoms with Crippen LogP contribution in [0.3, 0.4) is 0 Å². The summed E-state index contributed by atoms with van der Waals surface area (Å²) in [7, 11) is 2.81. The summed E-state index contributed by atoms with van der Waals surface area (Å²) >= 11 is 0. The first-order valence-corrected chi connectivity index (χ1v) is 5.13. The van der Waals surface area contributed by atoms with Crippen LogP contribution in [0.15, 0.2) is 0 Å². The topological polar surface area (TPSA) is 90.6 Å². The monoisotopic (exact) mass is 238 g/mol. The van der Waals surface area contributed by atoms with Crippen molar-refractivity contribution >= 4 is 11.9 Å². The van der Waals surface area contributed by atoms with Gasteiger partial charge in [0, 0.05) is 5.56 Å². The standard InChI is InChI=1S/C10H14N4O3/c1-5-7-6(4-14(5)10(15)17-3)8(11)13-9(12-7)16-2/h5H,4H2,1-3H3,(H2,11,12,13). The maximum absolute atomic E-state index is 11.5. The summed E-state index contributed by atoms with van der Waals surface area (Å²) in [5, 5.41) is 0. The molecule has 1 aromatic rings. The number of nitrogens with zero attached hydrogens (tertiary/aromatic N) is 3. The molecule has 2 N–H and O–H groups in total. The Morgan fingerprint density at radius 2 is 2.18 bits per heavy atom. The molecule has 1 amide bonds. The fraction of sp³-hybridized carbons (Fsp3) is 0.500. The van der Waals surface area contributed by atoms with Gasteiger partial charge in [-0.2, -0.15) is 9.97 Å². The van der Waals surface area contributed by atoms with Gasteiger partial charge in [-0.1, -0.05) is 0 Å². The average molecular weight is 238 g/mol. The van der Waals surface area contributed by atoms with Gasteiger partial charge in [-0.15, -0.1) is 0 Å². The molecular weight excluding hydrogens is 224 g/mol. The van der Waals surface area contributed by atoms with E-state index in [2.05, 4.69) is 9.97 Å². The number of nitrogen functional groups attached to an aromatic ring is 1. The smallest absolute Gasteiger partial charge is 0.410 e. The first-order chi connectivity index (χ1) is 8.08. The summed E-state index contributed by atoms with van der Waals surface area (Å²) < 4.78 is 9.65. The first kappa shape index (κ1) is 11.4. The van der Waals surface area contributed by atoms with Crippen molar-refractivity contribution in [1.82, 2.24) is 14.9 Å². The Labute approximate surface area is 98.5 Å². The van der Waals surface area contributed by atoms with Gasteiger partial charge in [0.25, 0.3) is 0 Å². The Hall–Kier alpha value is -2.05. The number of hydrogen-bond acceptors (Lipinski definition) is 6. The Kier molecular flexibility index (Phi) is 2.74. The molecule has 1 aromatic heterocycles. The third-order valence-corrected chi connectivity index (χ3v) is 2.83. The molecule has 0 saturated heterocycles. The van der Waals surface area contributed by atoms with Crippen molar-refractivity contribution in [2.45, 2.75) is 19.5 Å². The van der Waals surface area contributed by atoms with Crippen molar-refractivity contribution in [3.05, 3.63) is 11.3 Å². The molecule has 1 aliphatic rings. The van der Waals surface area contributed by atoms with E-state index in [1.165, 1.54) is 19.1 Å². The lowest BCUT2D eigenvalue weighted by molar-refractivity contribution is 0.111. The molecule has 0 radical (unpaired) electrons. The van der Waals surface area contributed by atoms with E-state index in [9.17, 15) is 4.79 Å². The van der Waals surface area contributed by atoms with Crippen LogP contribution in [0.1, 0.15) is 24.2 Å². The fourth-order valence-corrected chi connectivity index (χ4v) is 1.89. The highest BCUT2D eigenvalue weighted by Crippen LogP contribution is 2.35. The Morgan fingerprint density at radius 1 is 1.47 bits per heavy atom. The van der Waals surface area contributed by atoms with E-state index in [4.69, 9.17) is 15.2 Å². The summed E-state index contributed by atoms with van der Waals surface area (Å²) in [5.74, 6) is 0.338. The maximum atomic E-state index is 11.5. The van der Waals surface area contributed by atoms with Crippen molar-refractivity contribution in [2.75, 3.05) is 20.0 Å². The number of fused-ring (bicyclic) bond motifs is 1. The lowest BCUT2D eigenvalue weighted by Gasteiger charge is -2.19. The van der Waals surface area contributed by atoms with E-state index in [0.717, 1.165) is 5.56 Å². The van der Waals surface area contributed by atoms with Crippen molar-refractivity contribution in [3.63, 3.8) is 0 Å². The van der Waals surface area contributed by atoms with Gasteiger partial charge in [0.15, 0.2) is 0 Å². The number of rotatable bonds is 1.